The monoisotopic (exact) mass is 334 g/mol. The molecule has 4 rings (SSSR count). The van der Waals surface area contributed by atoms with Crippen molar-refractivity contribution in [1.29, 1.82) is 0 Å². The highest BCUT2D eigenvalue weighted by Crippen LogP contribution is 2.36. The molecule has 0 aliphatic rings. The molecular formula is C12H7ClN6S2. The first-order valence-electron chi connectivity index (χ1n) is 5.96. The lowest BCUT2D eigenvalue weighted by Gasteiger charge is -2.02. The van der Waals surface area contributed by atoms with Crippen molar-refractivity contribution in [3.8, 4) is 0 Å². The van der Waals surface area contributed by atoms with Crippen LogP contribution in [0.4, 0.5) is 0 Å². The number of fused-ring (bicyclic) bond motifs is 2. The normalized spacial score (nSPS) is 11.5. The van der Waals surface area contributed by atoms with Gasteiger partial charge in [-0.3, -0.25) is 0 Å². The molecule has 6 nitrogen and oxygen atoms in total. The molecule has 0 aliphatic carbocycles. The summed E-state index contributed by atoms with van der Waals surface area (Å²) in [5.41, 5.74) is 1.42. The summed E-state index contributed by atoms with van der Waals surface area (Å²) >= 11 is 9.04. The smallest absolute Gasteiger partial charge is 0.224 e. The molecule has 0 saturated carbocycles. The van der Waals surface area contributed by atoms with Gasteiger partial charge in [-0.05, 0) is 36.4 Å². The van der Waals surface area contributed by atoms with Gasteiger partial charge in [-0.25, -0.2) is 24.9 Å². The van der Waals surface area contributed by atoms with E-state index in [1.165, 1.54) is 18.1 Å². The van der Waals surface area contributed by atoms with E-state index in [9.17, 15) is 0 Å². The fraction of sp³-hybridized carbons (Fsp3) is 0.0833. The number of rotatable bonds is 2. The lowest BCUT2D eigenvalue weighted by Crippen LogP contribution is -1.90. The molecular weight excluding hydrogens is 328 g/mol. The average Bonchev–Trinajstić information content (AvgIpc) is 3.04. The predicted octanol–water partition coefficient (Wildman–Crippen LogP) is 3.47. The molecule has 0 fully saturated rings. The first-order chi connectivity index (χ1) is 10.2. The third-order valence-corrected chi connectivity index (χ3v) is 4.96. The molecule has 4 aromatic heterocycles. The molecule has 21 heavy (non-hydrogen) atoms. The number of nitrogens with one attached hydrogen (secondary N) is 1. The Balaban J connectivity index is 1.89. The fourth-order valence-electron chi connectivity index (χ4n) is 1.98. The van der Waals surface area contributed by atoms with Crippen LogP contribution in [0.2, 0.25) is 5.28 Å². The van der Waals surface area contributed by atoms with Crippen molar-refractivity contribution in [3.05, 3.63) is 28.9 Å². The summed E-state index contributed by atoms with van der Waals surface area (Å²) in [7, 11) is 0. The molecule has 0 aliphatic heterocycles. The zero-order valence-electron chi connectivity index (χ0n) is 10.7. The maximum atomic E-state index is 6.01. The number of aromatic nitrogens is 6. The first-order valence-corrected chi connectivity index (χ1v) is 7.97. The van der Waals surface area contributed by atoms with E-state index in [1.54, 1.807) is 17.7 Å². The minimum atomic E-state index is 0.238. The van der Waals surface area contributed by atoms with E-state index in [-0.39, 0.29) is 5.28 Å². The van der Waals surface area contributed by atoms with Crippen molar-refractivity contribution in [2.75, 3.05) is 0 Å². The van der Waals surface area contributed by atoms with Gasteiger partial charge in [0.25, 0.3) is 0 Å². The zero-order valence-corrected chi connectivity index (χ0v) is 13.1. The Kier molecular flexibility index (Phi) is 3.02. The number of hydrogen-bond donors (Lipinski definition) is 1. The lowest BCUT2D eigenvalue weighted by molar-refractivity contribution is 1.06. The van der Waals surface area contributed by atoms with Crippen LogP contribution in [-0.2, 0) is 0 Å². The quantitative estimate of drug-likeness (QED) is 0.446. The molecule has 4 heterocycles. The van der Waals surface area contributed by atoms with Gasteiger partial charge < -0.3 is 4.98 Å². The van der Waals surface area contributed by atoms with Gasteiger partial charge in [-0.1, -0.05) is 0 Å². The second-order valence-corrected chi connectivity index (χ2v) is 6.81. The Morgan fingerprint density at radius 2 is 2.10 bits per heavy atom. The van der Waals surface area contributed by atoms with Crippen LogP contribution in [0.15, 0.2) is 28.8 Å². The number of aryl methyl sites for hydroxylation is 1. The number of aromatic amines is 1. The Labute approximate surface area is 132 Å². The van der Waals surface area contributed by atoms with Gasteiger partial charge in [0.2, 0.25) is 5.28 Å². The van der Waals surface area contributed by atoms with Gasteiger partial charge in [0, 0.05) is 10.3 Å². The van der Waals surface area contributed by atoms with Crippen LogP contribution < -0.4 is 0 Å². The average molecular weight is 335 g/mol. The molecule has 0 amide bonds. The third-order valence-electron chi connectivity index (χ3n) is 2.84. The van der Waals surface area contributed by atoms with Crippen LogP contribution in [-0.4, -0.2) is 29.9 Å². The predicted molar refractivity (Wildman–Crippen MR) is 83.0 cm³/mol. The van der Waals surface area contributed by atoms with Crippen LogP contribution in [0.25, 0.3) is 21.4 Å². The highest BCUT2D eigenvalue weighted by Gasteiger charge is 2.14. The summed E-state index contributed by atoms with van der Waals surface area (Å²) in [4.78, 5) is 26.2. The molecule has 104 valence electrons. The maximum absolute atomic E-state index is 6.01. The molecule has 0 spiro atoms. The zero-order chi connectivity index (χ0) is 14.4. The molecule has 4 aromatic rings. The van der Waals surface area contributed by atoms with Crippen molar-refractivity contribution in [1.82, 2.24) is 29.9 Å². The van der Waals surface area contributed by atoms with Gasteiger partial charge in [-0.2, -0.15) is 0 Å². The highest BCUT2D eigenvalue weighted by molar-refractivity contribution is 7.99. The van der Waals surface area contributed by atoms with Crippen molar-refractivity contribution >= 4 is 56.1 Å². The van der Waals surface area contributed by atoms with E-state index in [0.717, 1.165) is 30.7 Å². The molecule has 0 radical (unpaired) electrons. The van der Waals surface area contributed by atoms with E-state index in [2.05, 4.69) is 36.0 Å². The summed E-state index contributed by atoms with van der Waals surface area (Å²) in [5, 5.41) is 2.77. The Bertz CT molecular complexity index is 963. The molecule has 0 aromatic carbocycles. The van der Waals surface area contributed by atoms with Gasteiger partial charge in [0.15, 0.2) is 5.65 Å². The summed E-state index contributed by atoms with van der Waals surface area (Å²) in [6.07, 6.45) is 3.09. The molecule has 9 heteroatoms. The minimum absolute atomic E-state index is 0.238. The Morgan fingerprint density at radius 1 is 1.19 bits per heavy atom. The lowest BCUT2D eigenvalue weighted by atomic mass is 10.4. The number of nitrogens with zero attached hydrogens (tertiary/aromatic N) is 5. The number of halogens is 1. The third kappa shape index (κ3) is 2.25. The second-order valence-electron chi connectivity index (χ2n) is 4.26. The van der Waals surface area contributed by atoms with Crippen molar-refractivity contribution in [2.45, 2.75) is 17.0 Å². The second kappa shape index (κ2) is 4.90. The highest BCUT2D eigenvalue weighted by atomic mass is 35.5. The number of thiophene rings is 1. The van der Waals surface area contributed by atoms with Gasteiger partial charge in [0.05, 0.1) is 6.33 Å². The summed E-state index contributed by atoms with van der Waals surface area (Å²) < 4.78 is 0. The van der Waals surface area contributed by atoms with Crippen LogP contribution >= 0.6 is 34.7 Å². The summed E-state index contributed by atoms with van der Waals surface area (Å²) in [6.45, 7) is 2.03. The van der Waals surface area contributed by atoms with Crippen molar-refractivity contribution in [3.63, 3.8) is 0 Å². The summed E-state index contributed by atoms with van der Waals surface area (Å²) in [6, 6.07) is 2.06. The van der Waals surface area contributed by atoms with Crippen LogP contribution in [0.5, 0.6) is 0 Å². The fourth-order valence-corrected chi connectivity index (χ4v) is 4.13. The number of hydrogen-bond acceptors (Lipinski definition) is 7. The molecule has 1 N–H and O–H groups in total. The molecule has 0 atom stereocenters. The van der Waals surface area contributed by atoms with Crippen molar-refractivity contribution in [2.24, 2.45) is 0 Å². The SMILES string of the molecule is Cc1cc2c(Sc3ncnc4nc[nH]c34)nc(Cl)nc2s1. The van der Waals surface area contributed by atoms with Crippen LogP contribution in [0.1, 0.15) is 4.88 Å². The summed E-state index contributed by atoms with van der Waals surface area (Å²) in [5.74, 6) is 0. The van der Waals surface area contributed by atoms with E-state index >= 15 is 0 Å². The Morgan fingerprint density at radius 3 is 3.00 bits per heavy atom. The molecule has 0 unspecified atom stereocenters. The van der Waals surface area contributed by atoms with Gasteiger partial charge in [0.1, 0.15) is 26.7 Å². The largest absolute Gasteiger partial charge is 0.341 e. The van der Waals surface area contributed by atoms with Crippen LogP contribution in [0, 0.1) is 6.92 Å². The van der Waals surface area contributed by atoms with E-state index < -0.39 is 0 Å². The molecule has 0 bridgehead atoms. The van der Waals surface area contributed by atoms with E-state index in [4.69, 9.17) is 11.6 Å². The topological polar surface area (TPSA) is 80.2 Å². The maximum Gasteiger partial charge on any atom is 0.224 e. The van der Waals surface area contributed by atoms with E-state index in [0.29, 0.717) is 5.65 Å². The first kappa shape index (κ1) is 12.9. The van der Waals surface area contributed by atoms with Gasteiger partial charge >= 0.3 is 0 Å². The van der Waals surface area contributed by atoms with Gasteiger partial charge in [-0.15, -0.1) is 11.3 Å². The number of H-pyrrole nitrogens is 1. The van der Waals surface area contributed by atoms with E-state index in [1.807, 2.05) is 6.92 Å². The van der Waals surface area contributed by atoms with Crippen molar-refractivity contribution < 1.29 is 0 Å². The molecule has 0 saturated heterocycles. The Hall–Kier alpha value is -1.77. The van der Waals surface area contributed by atoms with Crippen LogP contribution in [0.3, 0.4) is 0 Å². The standard InChI is InChI=1S/C12H7ClN6S2/c1-5-2-6-9(20-5)18-12(13)19-10(6)21-11-7-8(15-3-14-7)16-4-17-11/h2-4H,1H3,(H,14,15,16,17). The number of imidazole rings is 1. The minimum Gasteiger partial charge on any atom is -0.341 e.